The minimum atomic E-state index is -0.491. The standard InChI is InChI=1S/C16H15N3O2/c1-18(10-9-13-5-3-2-4-6-13)16-8-7-15(19(20)21)11-14(16)12-17/h2-8,11H,9-10H2,1H3. The van der Waals surface area contributed by atoms with Gasteiger partial charge in [0.1, 0.15) is 6.07 Å². The molecule has 0 unspecified atom stereocenters. The third-order valence-corrected chi connectivity index (χ3v) is 3.30. The van der Waals surface area contributed by atoms with Crippen LogP contribution in [0.1, 0.15) is 11.1 Å². The summed E-state index contributed by atoms with van der Waals surface area (Å²) in [5, 5.41) is 19.9. The van der Waals surface area contributed by atoms with Crippen molar-refractivity contribution >= 4 is 11.4 Å². The first-order chi connectivity index (χ1) is 10.1. The van der Waals surface area contributed by atoms with E-state index in [9.17, 15) is 10.1 Å². The van der Waals surface area contributed by atoms with Gasteiger partial charge in [-0.15, -0.1) is 0 Å². The lowest BCUT2D eigenvalue weighted by molar-refractivity contribution is -0.384. The molecule has 0 amide bonds. The first kappa shape index (κ1) is 14.5. The fourth-order valence-electron chi connectivity index (χ4n) is 2.12. The van der Waals surface area contributed by atoms with E-state index in [4.69, 9.17) is 5.26 Å². The quantitative estimate of drug-likeness (QED) is 0.623. The first-order valence-electron chi connectivity index (χ1n) is 6.55. The van der Waals surface area contributed by atoms with E-state index in [-0.39, 0.29) is 5.69 Å². The van der Waals surface area contributed by atoms with Crippen LogP contribution in [0, 0.1) is 21.4 Å². The summed E-state index contributed by atoms with van der Waals surface area (Å²) in [5.41, 5.74) is 2.18. The third kappa shape index (κ3) is 3.57. The number of benzene rings is 2. The van der Waals surface area contributed by atoms with Crippen LogP contribution in [0.2, 0.25) is 0 Å². The van der Waals surface area contributed by atoms with E-state index in [2.05, 4.69) is 12.1 Å². The van der Waals surface area contributed by atoms with E-state index >= 15 is 0 Å². The number of anilines is 1. The van der Waals surface area contributed by atoms with E-state index in [1.54, 1.807) is 6.07 Å². The number of nitro groups is 1. The maximum atomic E-state index is 10.7. The van der Waals surface area contributed by atoms with Crippen LogP contribution in [-0.2, 0) is 6.42 Å². The van der Waals surface area contributed by atoms with Crippen LogP contribution >= 0.6 is 0 Å². The van der Waals surface area contributed by atoms with Gasteiger partial charge in [-0.2, -0.15) is 5.26 Å². The molecule has 0 radical (unpaired) electrons. The van der Waals surface area contributed by atoms with E-state index < -0.39 is 4.92 Å². The molecule has 0 fully saturated rings. The summed E-state index contributed by atoms with van der Waals surface area (Å²) >= 11 is 0. The normalized spacial score (nSPS) is 9.90. The second-order valence-corrected chi connectivity index (χ2v) is 4.73. The van der Waals surface area contributed by atoms with Crippen molar-refractivity contribution < 1.29 is 4.92 Å². The predicted molar refractivity (Wildman–Crippen MR) is 81.2 cm³/mol. The minimum Gasteiger partial charge on any atom is -0.373 e. The van der Waals surface area contributed by atoms with Crippen LogP contribution < -0.4 is 4.90 Å². The number of non-ortho nitro benzene ring substituents is 1. The average Bonchev–Trinajstić information content (AvgIpc) is 2.52. The molecular weight excluding hydrogens is 266 g/mol. The van der Waals surface area contributed by atoms with Crippen molar-refractivity contribution in [2.24, 2.45) is 0 Å². The monoisotopic (exact) mass is 281 g/mol. The van der Waals surface area contributed by atoms with Gasteiger partial charge < -0.3 is 4.90 Å². The predicted octanol–water partition coefficient (Wildman–Crippen LogP) is 3.15. The van der Waals surface area contributed by atoms with Gasteiger partial charge in [-0.3, -0.25) is 10.1 Å². The number of nitrogens with zero attached hydrogens (tertiary/aromatic N) is 3. The molecule has 2 rings (SSSR count). The maximum absolute atomic E-state index is 10.7. The van der Waals surface area contributed by atoms with Crippen LogP contribution in [0.4, 0.5) is 11.4 Å². The molecule has 0 atom stereocenters. The second kappa shape index (κ2) is 6.53. The Kier molecular flexibility index (Phi) is 4.52. The molecule has 0 saturated carbocycles. The molecular formula is C16H15N3O2. The molecule has 106 valence electrons. The van der Waals surface area contributed by atoms with Gasteiger partial charge >= 0.3 is 0 Å². The first-order valence-corrected chi connectivity index (χ1v) is 6.55. The fraction of sp³-hybridized carbons (Fsp3) is 0.188. The van der Waals surface area contributed by atoms with E-state index in [0.29, 0.717) is 11.3 Å². The number of likely N-dealkylation sites (N-methyl/N-ethyl adjacent to an activating group) is 1. The maximum Gasteiger partial charge on any atom is 0.270 e. The SMILES string of the molecule is CN(CCc1ccccc1)c1ccc([N+](=O)[O-])cc1C#N. The lowest BCUT2D eigenvalue weighted by Gasteiger charge is -2.20. The van der Waals surface area contributed by atoms with Gasteiger partial charge in [0.15, 0.2) is 0 Å². The zero-order chi connectivity index (χ0) is 15.2. The molecule has 21 heavy (non-hydrogen) atoms. The Balaban J connectivity index is 2.14. The summed E-state index contributed by atoms with van der Waals surface area (Å²) in [6.07, 6.45) is 0.846. The summed E-state index contributed by atoms with van der Waals surface area (Å²) in [6, 6.07) is 16.4. The number of nitro benzene ring substituents is 1. The van der Waals surface area contributed by atoms with Crippen molar-refractivity contribution in [2.75, 3.05) is 18.5 Å². The molecule has 0 aliphatic carbocycles. The highest BCUT2D eigenvalue weighted by Gasteiger charge is 2.13. The van der Waals surface area contributed by atoms with E-state index in [1.165, 1.54) is 17.7 Å². The summed E-state index contributed by atoms with van der Waals surface area (Å²) in [7, 11) is 1.88. The summed E-state index contributed by atoms with van der Waals surface area (Å²) in [5.74, 6) is 0. The number of nitriles is 1. The van der Waals surface area contributed by atoms with Crippen LogP contribution in [0.3, 0.4) is 0 Å². The van der Waals surface area contributed by atoms with Crippen LogP contribution in [0.5, 0.6) is 0 Å². The second-order valence-electron chi connectivity index (χ2n) is 4.73. The van der Waals surface area contributed by atoms with Gasteiger partial charge in [0.25, 0.3) is 5.69 Å². The van der Waals surface area contributed by atoms with E-state index in [0.717, 1.165) is 13.0 Å². The number of rotatable bonds is 5. The molecule has 2 aromatic carbocycles. The molecule has 5 nitrogen and oxygen atoms in total. The lowest BCUT2D eigenvalue weighted by atomic mass is 10.1. The Morgan fingerprint density at radius 3 is 2.57 bits per heavy atom. The zero-order valence-electron chi connectivity index (χ0n) is 11.7. The van der Waals surface area contributed by atoms with Gasteiger partial charge in [0, 0.05) is 25.7 Å². The largest absolute Gasteiger partial charge is 0.373 e. The summed E-state index contributed by atoms with van der Waals surface area (Å²) in [4.78, 5) is 12.2. The van der Waals surface area contributed by atoms with Crippen molar-refractivity contribution in [1.82, 2.24) is 0 Å². The van der Waals surface area contributed by atoms with Crippen molar-refractivity contribution in [3.05, 3.63) is 69.8 Å². The van der Waals surface area contributed by atoms with Gasteiger partial charge in [0.2, 0.25) is 0 Å². The zero-order valence-corrected chi connectivity index (χ0v) is 11.7. The molecule has 0 saturated heterocycles. The molecule has 0 spiro atoms. The highest BCUT2D eigenvalue weighted by atomic mass is 16.6. The van der Waals surface area contributed by atoms with Gasteiger partial charge in [0.05, 0.1) is 16.2 Å². The molecule has 0 bridgehead atoms. The Morgan fingerprint density at radius 2 is 1.95 bits per heavy atom. The Morgan fingerprint density at radius 1 is 1.24 bits per heavy atom. The van der Waals surface area contributed by atoms with Crippen molar-refractivity contribution in [3.63, 3.8) is 0 Å². The van der Waals surface area contributed by atoms with Crippen LogP contribution in [0.25, 0.3) is 0 Å². The smallest absolute Gasteiger partial charge is 0.270 e. The number of hydrogen-bond acceptors (Lipinski definition) is 4. The number of hydrogen-bond donors (Lipinski definition) is 0. The van der Waals surface area contributed by atoms with Crippen molar-refractivity contribution in [2.45, 2.75) is 6.42 Å². The molecule has 0 aliphatic rings. The molecule has 0 N–H and O–H groups in total. The summed E-state index contributed by atoms with van der Waals surface area (Å²) < 4.78 is 0. The lowest BCUT2D eigenvalue weighted by Crippen LogP contribution is -2.21. The average molecular weight is 281 g/mol. The highest BCUT2D eigenvalue weighted by molar-refractivity contribution is 5.62. The Labute approximate surface area is 123 Å². The molecule has 0 aromatic heterocycles. The third-order valence-electron chi connectivity index (χ3n) is 3.30. The van der Waals surface area contributed by atoms with Gasteiger partial charge in [-0.1, -0.05) is 30.3 Å². The molecule has 2 aromatic rings. The topological polar surface area (TPSA) is 70.2 Å². The van der Waals surface area contributed by atoms with Crippen LogP contribution in [-0.4, -0.2) is 18.5 Å². The fourth-order valence-corrected chi connectivity index (χ4v) is 2.12. The minimum absolute atomic E-state index is 0.0632. The molecule has 0 aliphatic heterocycles. The van der Waals surface area contributed by atoms with Gasteiger partial charge in [-0.25, -0.2) is 0 Å². The van der Waals surface area contributed by atoms with Gasteiger partial charge in [-0.05, 0) is 18.1 Å². The Bertz CT molecular complexity index is 678. The Hall–Kier alpha value is -2.87. The van der Waals surface area contributed by atoms with E-state index in [1.807, 2.05) is 36.2 Å². The van der Waals surface area contributed by atoms with Crippen molar-refractivity contribution in [3.8, 4) is 6.07 Å². The summed E-state index contributed by atoms with van der Waals surface area (Å²) in [6.45, 7) is 0.733. The molecule has 0 heterocycles. The van der Waals surface area contributed by atoms with Crippen molar-refractivity contribution in [1.29, 1.82) is 5.26 Å². The molecule has 5 heteroatoms. The highest BCUT2D eigenvalue weighted by Crippen LogP contribution is 2.24. The van der Waals surface area contributed by atoms with Crippen LogP contribution in [0.15, 0.2) is 48.5 Å².